The number of hydrogen-bond donors (Lipinski definition) is 3. The smallest absolute Gasteiger partial charge is 0.243 e. The van der Waals surface area contributed by atoms with Crippen LogP contribution in [0.25, 0.3) is 5.69 Å². The lowest BCUT2D eigenvalue weighted by Gasteiger charge is -2.13. The zero-order chi connectivity index (χ0) is 22.2. The predicted molar refractivity (Wildman–Crippen MR) is 121 cm³/mol. The van der Waals surface area contributed by atoms with Crippen LogP contribution in [0.4, 0.5) is 10.1 Å². The molecule has 0 saturated carbocycles. The van der Waals surface area contributed by atoms with Crippen molar-refractivity contribution in [2.24, 2.45) is 4.99 Å². The van der Waals surface area contributed by atoms with Gasteiger partial charge in [0.2, 0.25) is 5.91 Å². The first-order chi connectivity index (χ1) is 15.0. The summed E-state index contributed by atoms with van der Waals surface area (Å²) in [6, 6.07) is 15.8. The summed E-state index contributed by atoms with van der Waals surface area (Å²) < 4.78 is 15.2. The number of anilines is 1. The number of aromatic nitrogens is 2. The van der Waals surface area contributed by atoms with Crippen LogP contribution in [-0.2, 0) is 11.3 Å². The number of aliphatic imine (C=N–C) groups is 1. The molecule has 0 aliphatic rings. The molecule has 0 atom stereocenters. The van der Waals surface area contributed by atoms with Gasteiger partial charge in [-0.05, 0) is 56.7 Å². The van der Waals surface area contributed by atoms with Gasteiger partial charge in [-0.3, -0.25) is 4.79 Å². The number of guanidine groups is 1. The van der Waals surface area contributed by atoms with Crippen LogP contribution in [0.3, 0.4) is 0 Å². The van der Waals surface area contributed by atoms with E-state index in [2.05, 4.69) is 26.0 Å². The minimum atomic E-state index is -0.401. The van der Waals surface area contributed by atoms with Crippen LogP contribution in [-0.4, -0.2) is 34.7 Å². The van der Waals surface area contributed by atoms with E-state index in [1.54, 1.807) is 12.1 Å². The lowest BCUT2D eigenvalue weighted by molar-refractivity contribution is -0.115. The number of carbonyl (C=O) groups excluding carboxylic acids is 1. The van der Waals surface area contributed by atoms with E-state index in [1.165, 1.54) is 12.1 Å². The van der Waals surface area contributed by atoms with E-state index >= 15 is 0 Å². The highest BCUT2D eigenvalue weighted by atomic mass is 19.1. The number of halogens is 1. The van der Waals surface area contributed by atoms with Gasteiger partial charge in [0.1, 0.15) is 5.82 Å². The number of para-hydroxylation sites is 1. The Balaban J connectivity index is 1.67. The Hall–Kier alpha value is -3.68. The molecule has 0 radical (unpaired) electrons. The summed E-state index contributed by atoms with van der Waals surface area (Å²) in [5.74, 6) is -0.179. The van der Waals surface area contributed by atoms with E-state index in [1.807, 2.05) is 55.8 Å². The molecule has 7 nitrogen and oxygen atoms in total. The molecule has 0 aliphatic carbocycles. The molecule has 0 aliphatic heterocycles. The normalized spacial score (nSPS) is 11.3. The number of hydrogen-bond acceptors (Lipinski definition) is 3. The molecule has 0 fully saturated rings. The highest BCUT2D eigenvalue weighted by Crippen LogP contribution is 2.17. The van der Waals surface area contributed by atoms with E-state index in [0.717, 1.165) is 22.6 Å². The van der Waals surface area contributed by atoms with Gasteiger partial charge in [-0.25, -0.2) is 14.1 Å². The molecule has 3 aromatic rings. The summed E-state index contributed by atoms with van der Waals surface area (Å²) in [6.07, 6.45) is 0. The number of nitrogens with zero attached hydrogens (tertiary/aromatic N) is 3. The van der Waals surface area contributed by atoms with Crippen molar-refractivity contribution in [1.29, 1.82) is 0 Å². The van der Waals surface area contributed by atoms with Gasteiger partial charge in [0.05, 0.1) is 24.5 Å². The fourth-order valence-corrected chi connectivity index (χ4v) is 3.17. The maximum atomic E-state index is 13.3. The van der Waals surface area contributed by atoms with Gasteiger partial charge in [-0.2, -0.15) is 5.10 Å². The molecule has 0 spiro atoms. The maximum Gasteiger partial charge on any atom is 0.243 e. The SMILES string of the molecule is CCNC(=NCc1ccccc1-n1nc(C)cc1C)NCC(=O)Nc1cccc(F)c1. The van der Waals surface area contributed by atoms with Crippen LogP contribution in [0, 0.1) is 19.7 Å². The van der Waals surface area contributed by atoms with Crippen LogP contribution < -0.4 is 16.0 Å². The predicted octanol–water partition coefficient (Wildman–Crippen LogP) is 3.32. The fourth-order valence-electron chi connectivity index (χ4n) is 3.17. The molecule has 1 aromatic heterocycles. The van der Waals surface area contributed by atoms with Crippen molar-refractivity contribution >= 4 is 17.6 Å². The van der Waals surface area contributed by atoms with E-state index < -0.39 is 5.82 Å². The molecular weight excluding hydrogens is 395 g/mol. The molecule has 0 bridgehead atoms. The Bertz CT molecular complexity index is 1080. The largest absolute Gasteiger partial charge is 0.357 e. The quantitative estimate of drug-likeness (QED) is 0.403. The first-order valence-corrected chi connectivity index (χ1v) is 10.2. The third kappa shape index (κ3) is 6.15. The first-order valence-electron chi connectivity index (χ1n) is 10.2. The Morgan fingerprint density at radius 3 is 2.61 bits per heavy atom. The monoisotopic (exact) mass is 422 g/mol. The minimum absolute atomic E-state index is 0.00144. The van der Waals surface area contributed by atoms with Gasteiger partial charge in [-0.1, -0.05) is 24.3 Å². The van der Waals surface area contributed by atoms with Crippen molar-refractivity contribution in [1.82, 2.24) is 20.4 Å². The molecule has 2 aromatic carbocycles. The van der Waals surface area contributed by atoms with Crippen molar-refractivity contribution in [3.63, 3.8) is 0 Å². The third-order valence-corrected chi connectivity index (χ3v) is 4.51. The molecular formula is C23H27FN6O. The van der Waals surface area contributed by atoms with Gasteiger partial charge < -0.3 is 16.0 Å². The standard InChI is InChI=1S/C23H27FN6O/c1-4-25-23(27-15-22(31)28-20-10-7-9-19(24)13-20)26-14-18-8-5-6-11-21(18)30-17(3)12-16(2)29-30/h5-13H,4,14-15H2,1-3H3,(H,28,31)(H2,25,26,27). The van der Waals surface area contributed by atoms with Gasteiger partial charge in [0.25, 0.3) is 0 Å². The molecule has 1 heterocycles. The van der Waals surface area contributed by atoms with Crippen molar-refractivity contribution in [3.05, 3.63) is 77.4 Å². The summed E-state index contributed by atoms with van der Waals surface area (Å²) in [6.45, 7) is 7.00. The fraction of sp³-hybridized carbons (Fsp3) is 0.261. The number of aryl methyl sites for hydroxylation is 2. The van der Waals surface area contributed by atoms with Gasteiger partial charge in [0.15, 0.2) is 5.96 Å². The number of nitrogens with one attached hydrogen (secondary N) is 3. The summed E-state index contributed by atoms with van der Waals surface area (Å²) in [5.41, 5.74) is 4.39. The number of carbonyl (C=O) groups is 1. The zero-order valence-corrected chi connectivity index (χ0v) is 17.9. The number of rotatable bonds is 7. The molecule has 0 unspecified atom stereocenters. The Morgan fingerprint density at radius 2 is 1.90 bits per heavy atom. The van der Waals surface area contributed by atoms with Crippen molar-refractivity contribution < 1.29 is 9.18 Å². The van der Waals surface area contributed by atoms with Crippen LogP contribution in [0.15, 0.2) is 59.6 Å². The molecule has 3 rings (SSSR count). The Kier molecular flexibility index (Phi) is 7.37. The minimum Gasteiger partial charge on any atom is -0.357 e. The van der Waals surface area contributed by atoms with Crippen LogP contribution in [0.2, 0.25) is 0 Å². The first kappa shape index (κ1) is 22.0. The second-order valence-corrected chi connectivity index (χ2v) is 7.07. The lowest BCUT2D eigenvalue weighted by atomic mass is 10.2. The molecule has 3 N–H and O–H groups in total. The molecule has 0 saturated heterocycles. The van der Waals surface area contributed by atoms with Crippen LogP contribution in [0.1, 0.15) is 23.9 Å². The highest BCUT2D eigenvalue weighted by Gasteiger charge is 2.09. The summed E-state index contributed by atoms with van der Waals surface area (Å²) in [4.78, 5) is 16.8. The van der Waals surface area contributed by atoms with Crippen LogP contribution >= 0.6 is 0 Å². The average molecular weight is 423 g/mol. The second kappa shape index (κ2) is 10.4. The summed E-state index contributed by atoms with van der Waals surface area (Å²) in [7, 11) is 0. The highest BCUT2D eigenvalue weighted by molar-refractivity contribution is 5.95. The molecule has 1 amide bonds. The Labute approximate surface area is 181 Å². The van der Waals surface area contributed by atoms with E-state index in [4.69, 9.17) is 0 Å². The average Bonchev–Trinajstić information content (AvgIpc) is 3.08. The van der Waals surface area contributed by atoms with Gasteiger partial charge in [-0.15, -0.1) is 0 Å². The van der Waals surface area contributed by atoms with Gasteiger partial charge >= 0.3 is 0 Å². The zero-order valence-electron chi connectivity index (χ0n) is 17.9. The van der Waals surface area contributed by atoms with E-state index in [9.17, 15) is 9.18 Å². The van der Waals surface area contributed by atoms with Crippen molar-refractivity contribution in [2.75, 3.05) is 18.4 Å². The van der Waals surface area contributed by atoms with Crippen molar-refractivity contribution in [3.8, 4) is 5.69 Å². The topological polar surface area (TPSA) is 83.3 Å². The molecule has 31 heavy (non-hydrogen) atoms. The van der Waals surface area contributed by atoms with E-state index in [-0.39, 0.29) is 12.5 Å². The second-order valence-electron chi connectivity index (χ2n) is 7.07. The number of benzene rings is 2. The summed E-state index contributed by atoms with van der Waals surface area (Å²) >= 11 is 0. The number of amides is 1. The molecule has 8 heteroatoms. The maximum absolute atomic E-state index is 13.3. The van der Waals surface area contributed by atoms with E-state index in [0.29, 0.717) is 24.7 Å². The Morgan fingerprint density at radius 1 is 1.10 bits per heavy atom. The van der Waals surface area contributed by atoms with Gasteiger partial charge in [0, 0.05) is 17.9 Å². The van der Waals surface area contributed by atoms with Crippen LogP contribution in [0.5, 0.6) is 0 Å². The summed E-state index contributed by atoms with van der Waals surface area (Å²) in [5, 5.41) is 13.4. The lowest BCUT2D eigenvalue weighted by Crippen LogP contribution is -2.41. The third-order valence-electron chi connectivity index (χ3n) is 4.51. The van der Waals surface area contributed by atoms with Crippen molar-refractivity contribution in [2.45, 2.75) is 27.3 Å². The molecule has 162 valence electrons.